The first-order valence-electron chi connectivity index (χ1n) is 6.04. The Hall–Kier alpha value is -1.42. The number of ether oxygens (including phenoxy) is 3. The third-order valence-electron chi connectivity index (χ3n) is 3.18. The van der Waals surface area contributed by atoms with E-state index >= 15 is 0 Å². The van der Waals surface area contributed by atoms with Crippen LogP contribution in [-0.4, -0.2) is 20.4 Å². The normalized spacial score (nSPS) is 17.2. The monoisotopic (exact) mass is 235 g/mol. The Morgan fingerprint density at radius 1 is 1.35 bits per heavy atom. The highest BCUT2D eigenvalue weighted by Crippen LogP contribution is 2.41. The van der Waals surface area contributed by atoms with Crippen molar-refractivity contribution >= 4 is 0 Å². The summed E-state index contributed by atoms with van der Waals surface area (Å²) in [7, 11) is 1.65. The minimum Gasteiger partial charge on any atom is -0.493 e. The van der Waals surface area contributed by atoms with Crippen molar-refractivity contribution in [1.82, 2.24) is 5.32 Å². The van der Waals surface area contributed by atoms with Gasteiger partial charge in [0.05, 0.1) is 7.11 Å². The van der Waals surface area contributed by atoms with Gasteiger partial charge >= 0.3 is 0 Å². The van der Waals surface area contributed by atoms with Crippen LogP contribution in [0.2, 0.25) is 0 Å². The molecule has 0 aromatic heterocycles. The first-order valence-corrected chi connectivity index (χ1v) is 6.04. The van der Waals surface area contributed by atoms with Gasteiger partial charge in [-0.3, -0.25) is 0 Å². The van der Waals surface area contributed by atoms with Crippen LogP contribution in [0.3, 0.4) is 0 Å². The molecule has 4 heteroatoms. The van der Waals surface area contributed by atoms with Gasteiger partial charge in [-0.2, -0.15) is 0 Å². The molecule has 1 aromatic carbocycles. The minimum absolute atomic E-state index is 0.282. The van der Waals surface area contributed by atoms with Gasteiger partial charge in [0.25, 0.3) is 0 Å². The summed E-state index contributed by atoms with van der Waals surface area (Å²) in [5.74, 6) is 3.15. The predicted octanol–water partition coefficient (Wildman–Crippen LogP) is 1.92. The van der Waals surface area contributed by atoms with Crippen molar-refractivity contribution in [1.29, 1.82) is 0 Å². The van der Waals surface area contributed by atoms with Crippen LogP contribution < -0.4 is 19.5 Å². The zero-order valence-electron chi connectivity index (χ0n) is 9.99. The van der Waals surface area contributed by atoms with E-state index in [1.807, 2.05) is 12.1 Å². The lowest BCUT2D eigenvalue weighted by molar-refractivity contribution is 0.171. The van der Waals surface area contributed by atoms with Crippen molar-refractivity contribution in [3.05, 3.63) is 17.7 Å². The van der Waals surface area contributed by atoms with E-state index in [2.05, 4.69) is 5.32 Å². The number of fused-ring (bicyclic) bond motifs is 1. The van der Waals surface area contributed by atoms with Gasteiger partial charge in [0.15, 0.2) is 11.5 Å². The summed E-state index contributed by atoms with van der Waals surface area (Å²) >= 11 is 0. The average Bonchev–Trinajstić information content (AvgIpc) is 3.04. The summed E-state index contributed by atoms with van der Waals surface area (Å²) in [5, 5.41) is 3.45. The summed E-state index contributed by atoms with van der Waals surface area (Å²) in [5.41, 5.74) is 1.17. The maximum absolute atomic E-state index is 5.39. The fourth-order valence-electron chi connectivity index (χ4n) is 2.03. The number of rotatable bonds is 5. The lowest BCUT2D eigenvalue weighted by Crippen LogP contribution is -2.16. The standard InChI is InChI=1S/C13H17NO3/c1-15-11-4-10(7-14-6-9-2-3-9)5-12-13(11)17-8-16-12/h4-5,9,14H,2-3,6-8H2,1H3. The van der Waals surface area contributed by atoms with Crippen molar-refractivity contribution in [2.45, 2.75) is 19.4 Å². The molecule has 3 rings (SSSR count). The highest BCUT2D eigenvalue weighted by molar-refractivity contribution is 5.55. The first kappa shape index (κ1) is 10.7. The molecule has 0 radical (unpaired) electrons. The van der Waals surface area contributed by atoms with E-state index in [0.29, 0.717) is 0 Å². The quantitative estimate of drug-likeness (QED) is 0.846. The van der Waals surface area contributed by atoms with Crippen molar-refractivity contribution in [3.8, 4) is 17.2 Å². The van der Waals surface area contributed by atoms with Crippen LogP contribution in [-0.2, 0) is 6.54 Å². The smallest absolute Gasteiger partial charge is 0.231 e. The second kappa shape index (κ2) is 4.45. The van der Waals surface area contributed by atoms with E-state index in [9.17, 15) is 0 Å². The molecule has 17 heavy (non-hydrogen) atoms. The molecule has 0 unspecified atom stereocenters. The predicted molar refractivity (Wildman–Crippen MR) is 63.5 cm³/mol. The SMILES string of the molecule is COc1cc(CNCC2CC2)cc2c1OCO2. The lowest BCUT2D eigenvalue weighted by Gasteiger charge is -2.09. The van der Waals surface area contributed by atoms with Gasteiger partial charge in [-0.05, 0) is 43.0 Å². The number of benzene rings is 1. The maximum Gasteiger partial charge on any atom is 0.231 e. The minimum atomic E-state index is 0.282. The molecule has 4 nitrogen and oxygen atoms in total. The highest BCUT2D eigenvalue weighted by atomic mass is 16.7. The van der Waals surface area contributed by atoms with Crippen molar-refractivity contribution in [3.63, 3.8) is 0 Å². The number of hydrogen-bond donors (Lipinski definition) is 1. The summed E-state index contributed by atoms with van der Waals surface area (Å²) in [6.07, 6.45) is 2.74. The molecule has 1 fully saturated rings. The second-order valence-electron chi connectivity index (χ2n) is 4.61. The van der Waals surface area contributed by atoms with Crippen molar-refractivity contribution < 1.29 is 14.2 Å². The second-order valence-corrected chi connectivity index (χ2v) is 4.61. The van der Waals surface area contributed by atoms with Crippen LogP contribution in [0.4, 0.5) is 0 Å². The van der Waals surface area contributed by atoms with E-state index in [-0.39, 0.29) is 6.79 Å². The molecule has 0 amide bonds. The van der Waals surface area contributed by atoms with Gasteiger partial charge in [0, 0.05) is 6.54 Å². The molecule has 0 saturated heterocycles. The summed E-state index contributed by atoms with van der Waals surface area (Å²) in [4.78, 5) is 0. The summed E-state index contributed by atoms with van der Waals surface area (Å²) in [6, 6.07) is 4.03. The van der Waals surface area contributed by atoms with Crippen molar-refractivity contribution in [2.75, 3.05) is 20.4 Å². The average molecular weight is 235 g/mol. The van der Waals surface area contributed by atoms with Crippen LogP contribution in [0.5, 0.6) is 17.2 Å². The molecule has 1 N–H and O–H groups in total. The molecule has 0 atom stereocenters. The Morgan fingerprint density at radius 3 is 3.00 bits per heavy atom. The Morgan fingerprint density at radius 2 is 2.24 bits per heavy atom. The molecule has 1 heterocycles. The Balaban J connectivity index is 1.70. The van der Waals surface area contributed by atoms with Gasteiger partial charge in [-0.25, -0.2) is 0 Å². The van der Waals surface area contributed by atoms with Crippen LogP contribution >= 0.6 is 0 Å². The molecule has 0 spiro atoms. The van der Waals surface area contributed by atoms with Gasteiger partial charge in [-0.1, -0.05) is 0 Å². The fraction of sp³-hybridized carbons (Fsp3) is 0.538. The summed E-state index contributed by atoms with van der Waals surface area (Å²) in [6.45, 7) is 2.24. The number of hydrogen-bond acceptors (Lipinski definition) is 4. The number of methoxy groups -OCH3 is 1. The Bertz CT molecular complexity index is 415. The fourth-order valence-corrected chi connectivity index (χ4v) is 2.03. The van der Waals surface area contributed by atoms with Gasteiger partial charge in [0.2, 0.25) is 12.5 Å². The zero-order chi connectivity index (χ0) is 11.7. The largest absolute Gasteiger partial charge is 0.493 e. The molecule has 2 aliphatic rings. The first-order chi connectivity index (χ1) is 8.36. The molecule has 1 aromatic rings. The van der Waals surface area contributed by atoms with Gasteiger partial charge < -0.3 is 19.5 Å². The van der Waals surface area contributed by atoms with E-state index in [1.54, 1.807) is 7.11 Å². The maximum atomic E-state index is 5.39. The van der Waals surface area contributed by atoms with E-state index in [1.165, 1.54) is 18.4 Å². The van der Waals surface area contributed by atoms with Crippen LogP contribution in [0.1, 0.15) is 18.4 Å². The highest BCUT2D eigenvalue weighted by Gasteiger charge is 2.22. The molecular formula is C13H17NO3. The van der Waals surface area contributed by atoms with E-state index < -0.39 is 0 Å². The van der Waals surface area contributed by atoms with E-state index in [4.69, 9.17) is 14.2 Å². The summed E-state index contributed by atoms with van der Waals surface area (Å²) < 4.78 is 16.1. The van der Waals surface area contributed by atoms with Crippen LogP contribution in [0.25, 0.3) is 0 Å². The molecule has 0 bridgehead atoms. The molecular weight excluding hydrogens is 218 g/mol. The van der Waals surface area contributed by atoms with Gasteiger partial charge in [-0.15, -0.1) is 0 Å². The third kappa shape index (κ3) is 2.31. The van der Waals surface area contributed by atoms with Crippen molar-refractivity contribution in [2.24, 2.45) is 5.92 Å². The Kier molecular flexibility index (Phi) is 2.81. The zero-order valence-corrected chi connectivity index (χ0v) is 9.99. The lowest BCUT2D eigenvalue weighted by atomic mass is 10.2. The van der Waals surface area contributed by atoms with Gasteiger partial charge in [0.1, 0.15) is 0 Å². The van der Waals surface area contributed by atoms with E-state index in [0.717, 1.165) is 36.3 Å². The van der Waals surface area contributed by atoms with Crippen LogP contribution in [0, 0.1) is 5.92 Å². The van der Waals surface area contributed by atoms with Crippen LogP contribution in [0.15, 0.2) is 12.1 Å². The topological polar surface area (TPSA) is 39.7 Å². The molecule has 1 saturated carbocycles. The molecule has 1 aliphatic carbocycles. The third-order valence-corrected chi connectivity index (χ3v) is 3.18. The number of nitrogens with one attached hydrogen (secondary N) is 1. The Labute approximate surface area is 101 Å². The molecule has 1 aliphatic heterocycles. The molecule has 92 valence electrons.